The first-order valence-electron chi connectivity index (χ1n) is 5.50. The second-order valence-corrected chi connectivity index (χ2v) is 4.78. The molecule has 0 radical (unpaired) electrons. The van der Waals surface area contributed by atoms with Gasteiger partial charge in [0.2, 0.25) is 11.8 Å². The molecule has 0 amide bonds. The summed E-state index contributed by atoms with van der Waals surface area (Å²) in [4.78, 5) is 0. The van der Waals surface area contributed by atoms with Gasteiger partial charge in [0.25, 0.3) is 0 Å². The molecule has 1 saturated heterocycles. The molecule has 1 N–H and O–H groups in total. The largest absolute Gasteiger partial charge is 0.420 e. The number of hydrogen-bond donors (Lipinski definition) is 1. The van der Waals surface area contributed by atoms with Crippen molar-refractivity contribution in [3.05, 3.63) is 22.7 Å². The lowest BCUT2D eigenvalue weighted by molar-refractivity contribution is 0.381. The summed E-state index contributed by atoms with van der Waals surface area (Å²) in [7, 11) is 0. The van der Waals surface area contributed by atoms with Crippen LogP contribution in [0, 0.1) is 0 Å². The van der Waals surface area contributed by atoms with Gasteiger partial charge in [0.05, 0.1) is 0 Å². The van der Waals surface area contributed by atoms with Crippen molar-refractivity contribution in [1.82, 2.24) is 15.5 Å². The number of nitrogens with zero attached hydrogens (tertiary/aromatic N) is 2. The molecule has 1 aliphatic heterocycles. The van der Waals surface area contributed by atoms with Gasteiger partial charge in [-0.1, -0.05) is 0 Å². The van der Waals surface area contributed by atoms with Crippen molar-refractivity contribution < 1.29 is 4.42 Å². The van der Waals surface area contributed by atoms with E-state index in [1.165, 1.54) is 6.42 Å². The Morgan fingerprint density at radius 2 is 2.44 bits per heavy atom. The highest BCUT2D eigenvalue weighted by atomic mass is 32.1. The van der Waals surface area contributed by atoms with Crippen molar-refractivity contribution >= 4 is 11.3 Å². The second-order valence-electron chi connectivity index (χ2n) is 4.00. The van der Waals surface area contributed by atoms with E-state index in [1.54, 1.807) is 11.3 Å². The minimum Gasteiger partial charge on any atom is -0.420 e. The maximum Gasteiger partial charge on any atom is 0.248 e. The van der Waals surface area contributed by atoms with Crippen LogP contribution in [0.1, 0.15) is 24.7 Å². The Kier molecular flexibility index (Phi) is 2.71. The van der Waals surface area contributed by atoms with Crippen LogP contribution in [0.4, 0.5) is 0 Å². The molecule has 3 heterocycles. The molecule has 0 aliphatic carbocycles. The van der Waals surface area contributed by atoms with E-state index in [4.69, 9.17) is 4.42 Å². The van der Waals surface area contributed by atoms with Crippen molar-refractivity contribution in [3.8, 4) is 11.5 Å². The maximum atomic E-state index is 5.71. The average molecular weight is 235 g/mol. The van der Waals surface area contributed by atoms with E-state index in [1.807, 2.05) is 16.8 Å². The van der Waals surface area contributed by atoms with Gasteiger partial charge in [-0.2, -0.15) is 11.3 Å². The molecular formula is C11H13N3OS. The average Bonchev–Trinajstić information content (AvgIpc) is 3.01. The van der Waals surface area contributed by atoms with Crippen molar-refractivity contribution in [1.29, 1.82) is 0 Å². The lowest BCUT2D eigenvalue weighted by Crippen LogP contribution is -2.28. The van der Waals surface area contributed by atoms with Crippen LogP contribution in [0.2, 0.25) is 0 Å². The molecule has 4 nitrogen and oxygen atoms in total. The van der Waals surface area contributed by atoms with E-state index >= 15 is 0 Å². The predicted molar refractivity (Wildman–Crippen MR) is 62.5 cm³/mol. The van der Waals surface area contributed by atoms with Crippen LogP contribution >= 0.6 is 11.3 Å². The fourth-order valence-electron chi connectivity index (χ4n) is 1.96. The van der Waals surface area contributed by atoms with E-state index in [0.29, 0.717) is 11.8 Å². The van der Waals surface area contributed by atoms with E-state index < -0.39 is 0 Å². The Labute approximate surface area is 97.7 Å². The quantitative estimate of drug-likeness (QED) is 0.867. The summed E-state index contributed by atoms with van der Waals surface area (Å²) in [6, 6.07) is 2.00. The van der Waals surface area contributed by atoms with Crippen LogP contribution in [0.25, 0.3) is 11.5 Å². The zero-order valence-corrected chi connectivity index (χ0v) is 9.67. The molecule has 1 unspecified atom stereocenters. The Hall–Kier alpha value is -1.20. The molecule has 0 saturated carbocycles. The van der Waals surface area contributed by atoms with Gasteiger partial charge >= 0.3 is 0 Å². The Morgan fingerprint density at radius 3 is 3.19 bits per heavy atom. The van der Waals surface area contributed by atoms with Crippen LogP contribution in [0.15, 0.2) is 21.2 Å². The Bertz CT molecular complexity index is 446. The number of rotatable bonds is 2. The lowest BCUT2D eigenvalue weighted by Gasteiger charge is -2.18. The molecule has 0 spiro atoms. The third-order valence-corrected chi connectivity index (χ3v) is 3.54. The molecule has 1 aliphatic rings. The fourth-order valence-corrected chi connectivity index (χ4v) is 2.59. The minimum absolute atomic E-state index is 0.383. The monoisotopic (exact) mass is 235 g/mol. The van der Waals surface area contributed by atoms with Gasteiger partial charge in [0.1, 0.15) is 0 Å². The lowest BCUT2D eigenvalue weighted by atomic mass is 10.00. The summed E-state index contributed by atoms with van der Waals surface area (Å²) < 4.78 is 5.71. The van der Waals surface area contributed by atoms with Gasteiger partial charge in [0.15, 0.2) is 0 Å². The van der Waals surface area contributed by atoms with Gasteiger partial charge in [0, 0.05) is 23.4 Å². The molecule has 1 fully saturated rings. The molecule has 2 aromatic heterocycles. The third-order valence-electron chi connectivity index (χ3n) is 2.85. The predicted octanol–water partition coefficient (Wildman–Crippen LogP) is 2.27. The second kappa shape index (κ2) is 4.35. The van der Waals surface area contributed by atoms with Gasteiger partial charge in [-0.25, -0.2) is 0 Å². The van der Waals surface area contributed by atoms with Gasteiger partial charge in [-0.3, -0.25) is 0 Å². The molecule has 3 rings (SSSR count). The van der Waals surface area contributed by atoms with Gasteiger partial charge < -0.3 is 9.73 Å². The van der Waals surface area contributed by atoms with Crippen molar-refractivity contribution in [2.45, 2.75) is 18.8 Å². The zero-order valence-electron chi connectivity index (χ0n) is 8.85. The van der Waals surface area contributed by atoms with Crippen molar-refractivity contribution in [3.63, 3.8) is 0 Å². The molecule has 0 bridgehead atoms. The molecular weight excluding hydrogens is 222 g/mol. The van der Waals surface area contributed by atoms with E-state index in [9.17, 15) is 0 Å². The van der Waals surface area contributed by atoms with Crippen LogP contribution in [-0.2, 0) is 0 Å². The number of piperidine rings is 1. The van der Waals surface area contributed by atoms with E-state index in [0.717, 1.165) is 31.0 Å². The Balaban J connectivity index is 1.82. The van der Waals surface area contributed by atoms with Gasteiger partial charge in [-0.15, -0.1) is 10.2 Å². The van der Waals surface area contributed by atoms with E-state index in [2.05, 4.69) is 15.5 Å². The number of aromatic nitrogens is 2. The topological polar surface area (TPSA) is 51.0 Å². The molecule has 5 heteroatoms. The molecule has 2 aromatic rings. The molecule has 1 atom stereocenters. The molecule has 0 aromatic carbocycles. The van der Waals surface area contributed by atoms with Crippen LogP contribution in [-0.4, -0.2) is 23.3 Å². The van der Waals surface area contributed by atoms with Crippen molar-refractivity contribution in [2.75, 3.05) is 13.1 Å². The van der Waals surface area contributed by atoms with Crippen LogP contribution in [0.5, 0.6) is 0 Å². The van der Waals surface area contributed by atoms with Crippen LogP contribution in [0.3, 0.4) is 0 Å². The first kappa shape index (κ1) is 9.99. The van der Waals surface area contributed by atoms with E-state index in [-0.39, 0.29) is 0 Å². The first-order valence-corrected chi connectivity index (χ1v) is 6.44. The number of hydrogen-bond acceptors (Lipinski definition) is 5. The Morgan fingerprint density at radius 1 is 1.44 bits per heavy atom. The van der Waals surface area contributed by atoms with Gasteiger partial charge in [-0.05, 0) is 30.8 Å². The van der Waals surface area contributed by atoms with Crippen LogP contribution < -0.4 is 5.32 Å². The highest BCUT2D eigenvalue weighted by Gasteiger charge is 2.21. The third kappa shape index (κ3) is 1.88. The summed E-state index contributed by atoms with van der Waals surface area (Å²) >= 11 is 1.64. The number of thiophene rings is 1. The first-order chi connectivity index (χ1) is 7.93. The maximum absolute atomic E-state index is 5.71. The zero-order chi connectivity index (χ0) is 10.8. The fraction of sp³-hybridized carbons (Fsp3) is 0.455. The summed E-state index contributed by atoms with van der Waals surface area (Å²) in [5.41, 5.74) is 1.02. The molecule has 16 heavy (non-hydrogen) atoms. The standard InChI is InChI=1S/C11H13N3OS/c1-2-8(6-12-4-1)10-13-14-11(15-10)9-3-5-16-7-9/h3,5,7-8,12H,1-2,4,6H2. The summed E-state index contributed by atoms with van der Waals surface area (Å²) in [5.74, 6) is 1.80. The highest BCUT2D eigenvalue weighted by molar-refractivity contribution is 7.08. The SMILES string of the molecule is c1cc(-c2nnc(C3CCCNC3)o2)cs1. The smallest absolute Gasteiger partial charge is 0.248 e. The normalized spacial score (nSPS) is 21.1. The summed E-state index contributed by atoms with van der Waals surface area (Å²) in [5, 5.41) is 15.6. The summed E-state index contributed by atoms with van der Waals surface area (Å²) in [6.07, 6.45) is 2.32. The molecule has 84 valence electrons. The summed E-state index contributed by atoms with van der Waals surface area (Å²) in [6.45, 7) is 2.05. The van der Waals surface area contributed by atoms with Crippen molar-refractivity contribution in [2.24, 2.45) is 0 Å². The number of nitrogens with one attached hydrogen (secondary N) is 1. The minimum atomic E-state index is 0.383. The highest BCUT2D eigenvalue weighted by Crippen LogP contribution is 2.26.